The number of rotatable bonds is 5. The summed E-state index contributed by atoms with van der Waals surface area (Å²) in [6.45, 7) is 3.08. The molecule has 174 valence electrons. The van der Waals surface area contributed by atoms with E-state index in [1.807, 2.05) is 6.92 Å². The number of ether oxygens (including phenoxy) is 3. The molecule has 0 atom stereocenters. The molecule has 0 aromatic heterocycles. The number of halogens is 7. The van der Waals surface area contributed by atoms with Crippen LogP contribution in [-0.2, 0) is 9.47 Å². The average Bonchev–Trinajstić information content (AvgIpc) is 2.67. The fourth-order valence-electron chi connectivity index (χ4n) is 3.81. The van der Waals surface area contributed by atoms with Gasteiger partial charge in [-0.05, 0) is 31.8 Å². The topological polar surface area (TPSA) is 27.7 Å². The van der Waals surface area contributed by atoms with Crippen LogP contribution in [0.5, 0.6) is 5.75 Å². The Labute approximate surface area is 175 Å². The molecule has 2 fully saturated rings. The van der Waals surface area contributed by atoms with Gasteiger partial charge in [-0.1, -0.05) is 6.92 Å². The standard InChI is InChI=1S/C21H23F7O3/c1-12-10-29-19(30-11-12)13-2-4-14(5-3-13)21(27,28)31-15-8-17(22)16(18(23)9-15)6-7-20(24,25)26/h6-9,12-14,19H,2-5,10-11H2,1H3/b7-6+. The van der Waals surface area contributed by atoms with Crippen LogP contribution in [0.2, 0.25) is 0 Å². The quantitative estimate of drug-likeness (QED) is 0.485. The summed E-state index contributed by atoms with van der Waals surface area (Å²) in [4.78, 5) is 0. The molecule has 1 aliphatic heterocycles. The highest BCUT2D eigenvalue weighted by molar-refractivity contribution is 5.53. The Balaban J connectivity index is 1.61. The lowest BCUT2D eigenvalue weighted by atomic mass is 9.81. The maximum atomic E-state index is 14.6. The van der Waals surface area contributed by atoms with Crippen molar-refractivity contribution in [1.82, 2.24) is 0 Å². The van der Waals surface area contributed by atoms with Crippen LogP contribution in [0.3, 0.4) is 0 Å². The van der Waals surface area contributed by atoms with Gasteiger partial charge in [0.2, 0.25) is 0 Å². The van der Waals surface area contributed by atoms with Crippen LogP contribution in [0.15, 0.2) is 18.2 Å². The van der Waals surface area contributed by atoms with Crippen LogP contribution in [-0.4, -0.2) is 31.8 Å². The maximum absolute atomic E-state index is 14.6. The van der Waals surface area contributed by atoms with E-state index in [-0.39, 0.29) is 36.8 Å². The molecule has 1 heterocycles. The van der Waals surface area contributed by atoms with E-state index < -0.39 is 47.4 Å². The molecule has 2 aliphatic rings. The zero-order valence-electron chi connectivity index (χ0n) is 16.7. The van der Waals surface area contributed by atoms with Gasteiger partial charge in [-0.15, -0.1) is 0 Å². The molecule has 1 aliphatic carbocycles. The Morgan fingerprint density at radius 2 is 1.48 bits per heavy atom. The zero-order valence-corrected chi connectivity index (χ0v) is 16.7. The summed E-state index contributed by atoms with van der Waals surface area (Å²) in [6, 6.07) is 0.896. The normalized spacial score (nSPS) is 28.1. The Hall–Kier alpha value is -1.81. The van der Waals surface area contributed by atoms with Gasteiger partial charge in [-0.3, -0.25) is 0 Å². The molecule has 0 unspecified atom stereocenters. The van der Waals surface area contributed by atoms with Crippen molar-refractivity contribution in [2.75, 3.05) is 13.2 Å². The molecule has 3 rings (SSSR count). The summed E-state index contributed by atoms with van der Waals surface area (Å²) < 4.78 is 110. The molecule has 0 radical (unpaired) electrons. The van der Waals surface area contributed by atoms with E-state index in [0.29, 0.717) is 38.2 Å². The van der Waals surface area contributed by atoms with Gasteiger partial charge in [0, 0.05) is 35.6 Å². The molecule has 3 nitrogen and oxygen atoms in total. The number of hydrogen-bond donors (Lipinski definition) is 0. The first-order valence-electron chi connectivity index (χ1n) is 9.99. The van der Waals surface area contributed by atoms with Gasteiger partial charge in [-0.2, -0.15) is 22.0 Å². The largest absolute Gasteiger partial charge is 0.432 e. The van der Waals surface area contributed by atoms with Crippen molar-refractivity contribution in [3.05, 3.63) is 35.4 Å². The predicted molar refractivity (Wildman–Crippen MR) is 97.3 cm³/mol. The molecular formula is C21H23F7O3. The second-order valence-electron chi connectivity index (χ2n) is 8.09. The summed E-state index contributed by atoms with van der Waals surface area (Å²) in [5.74, 6) is -4.58. The molecule has 1 aromatic rings. The molecule has 0 amide bonds. The second kappa shape index (κ2) is 9.36. The van der Waals surface area contributed by atoms with Crippen LogP contribution < -0.4 is 4.74 Å². The van der Waals surface area contributed by atoms with Crippen molar-refractivity contribution in [3.63, 3.8) is 0 Å². The highest BCUT2D eigenvalue weighted by atomic mass is 19.4. The Morgan fingerprint density at radius 3 is 2.00 bits per heavy atom. The molecule has 1 saturated carbocycles. The SMILES string of the molecule is CC1COC(C2CCC(C(F)(F)Oc3cc(F)c(/C=C/C(F)(F)F)c(F)c3)CC2)OC1. The van der Waals surface area contributed by atoms with Gasteiger partial charge in [0.05, 0.1) is 19.1 Å². The van der Waals surface area contributed by atoms with E-state index in [2.05, 4.69) is 4.74 Å². The summed E-state index contributed by atoms with van der Waals surface area (Å²) in [5.41, 5.74) is -0.990. The van der Waals surface area contributed by atoms with Gasteiger partial charge in [0.15, 0.2) is 6.29 Å². The Kier molecular flexibility index (Phi) is 7.20. The molecule has 0 bridgehead atoms. The minimum atomic E-state index is -4.77. The van der Waals surface area contributed by atoms with Crippen molar-refractivity contribution in [1.29, 1.82) is 0 Å². The van der Waals surface area contributed by atoms with Crippen LogP contribution >= 0.6 is 0 Å². The summed E-state index contributed by atoms with van der Waals surface area (Å²) in [7, 11) is 0. The third kappa shape index (κ3) is 6.35. The van der Waals surface area contributed by atoms with Crippen molar-refractivity contribution >= 4 is 6.08 Å². The number of benzene rings is 1. The Bertz CT molecular complexity index is 755. The summed E-state index contributed by atoms with van der Waals surface area (Å²) >= 11 is 0. The lowest BCUT2D eigenvalue weighted by Crippen LogP contribution is -2.41. The minimum Gasteiger partial charge on any atom is -0.432 e. The van der Waals surface area contributed by atoms with E-state index in [0.717, 1.165) is 0 Å². The monoisotopic (exact) mass is 456 g/mol. The highest BCUT2D eigenvalue weighted by Gasteiger charge is 2.45. The predicted octanol–water partition coefficient (Wildman–Crippen LogP) is 6.33. The average molecular weight is 456 g/mol. The van der Waals surface area contributed by atoms with E-state index in [9.17, 15) is 30.7 Å². The lowest BCUT2D eigenvalue weighted by Gasteiger charge is -2.38. The molecule has 0 N–H and O–H groups in total. The van der Waals surface area contributed by atoms with Gasteiger partial charge >= 0.3 is 12.3 Å². The summed E-state index contributed by atoms with van der Waals surface area (Å²) in [5, 5.41) is 0. The van der Waals surface area contributed by atoms with Crippen LogP contribution in [0.25, 0.3) is 6.08 Å². The van der Waals surface area contributed by atoms with Crippen LogP contribution in [0.4, 0.5) is 30.7 Å². The third-order valence-electron chi connectivity index (χ3n) is 5.47. The van der Waals surface area contributed by atoms with Crippen molar-refractivity contribution in [3.8, 4) is 5.75 Å². The number of allylic oxidation sites excluding steroid dienone is 1. The van der Waals surface area contributed by atoms with Crippen molar-refractivity contribution in [2.24, 2.45) is 17.8 Å². The van der Waals surface area contributed by atoms with E-state index in [4.69, 9.17) is 9.47 Å². The molecular weight excluding hydrogens is 433 g/mol. The first kappa shape index (κ1) is 23.8. The molecule has 31 heavy (non-hydrogen) atoms. The zero-order chi connectivity index (χ0) is 22.8. The van der Waals surface area contributed by atoms with Crippen molar-refractivity contribution in [2.45, 2.75) is 51.2 Å². The van der Waals surface area contributed by atoms with Gasteiger partial charge < -0.3 is 14.2 Å². The van der Waals surface area contributed by atoms with E-state index >= 15 is 0 Å². The summed E-state index contributed by atoms with van der Waals surface area (Å²) in [6.07, 6.45) is -7.98. The number of hydrogen-bond acceptors (Lipinski definition) is 3. The molecule has 10 heteroatoms. The first-order chi connectivity index (χ1) is 14.4. The smallest absolute Gasteiger partial charge is 0.409 e. The first-order valence-corrected chi connectivity index (χ1v) is 9.99. The molecule has 0 spiro atoms. The molecule has 1 aromatic carbocycles. The second-order valence-corrected chi connectivity index (χ2v) is 8.09. The minimum absolute atomic E-state index is 0.0193. The van der Waals surface area contributed by atoms with Crippen LogP contribution in [0.1, 0.15) is 38.2 Å². The maximum Gasteiger partial charge on any atom is 0.409 e. The van der Waals surface area contributed by atoms with Crippen LogP contribution in [0, 0.1) is 29.4 Å². The van der Waals surface area contributed by atoms with Gasteiger partial charge in [0.1, 0.15) is 17.4 Å². The fraction of sp³-hybridized carbons (Fsp3) is 0.619. The van der Waals surface area contributed by atoms with Gasteiger partial charge in [0.25, 0.3) is 0 Å². The number of alkyl halides is 5. The van der Waals surface area contributed by atoms with Crippen molar-refractivity contribution < 1.29 is 44.9 Å². The third-order valence-corrected chi connectivity index (χ3v) is 5.47. The Morgan fingerprint density at radius 1 is 0.935 bits per heavy atom. The lowest BCUT2D eigenvalue weighted by molar-refractivity contribution is -0.246. The highest BCUT2D eigenvalue weighted by Crippen LogP contribution is 2.42. The fourth-order valence-corrected chi connectivity index (χ4v) is 3.81. The van der Waals surface area contributed by atoms with Gasteiger partial charge in [-0.25, -0.2) is 8.78 Å². The van der Waals surface area contributed by atoms with E-state index in [1.54, 1.807) is 0 Å². The molecule has 1 saturated heterocycles. The van der Waals surface area contributed by atoms with E-state index in [1.165, 1.54) is 0 Å².